The average molecular weight is 486 g/mol. The fourth-order valence-corrected chi connectivity index (χ4v) is 4.70. The summed E-state index contributed by atoms with van der Waals surface area (Å²) in [6, 6.07) is 41.7. The summed E-state index contributed by atoms with van der Waals surface area (Å²) >= 11 is 0. The number of ether oxygens (including phenoxy) is 1. The highest BCUT2D eigenvalue weighted by Crippen LogP contribution is 2.38. The van der Waals surface area contributed by atoms with Gasteiger partial charge in [0, 0.05) is 17.4 Å². The molecule has 5 aromatic rings. The van der Waals surface area contributed by atoms with Crippen molar-refractivity contribution in [2.75, 3.05) is 17.7 Å². The van der Waals surface area contributed by atoms with E-state index in [1.54, 1.807) is 7.11 Å². The van der Waals surface area contributed by atoms with Crippen LogP contribution in [0, 0.1) is 6.92 Å². The average Bonchev–Trinajstić information content (AvgIpc) is 2.96. The van der Waals surface area contributed by atoms with Crippen LogP contribution >= 0.6 is 0 Å². The van der Waals surface area contributed by atoms with E-state index in [0.29, 0.717) is 0 Å². The molecule has 0 aliphatic heterocycles. The zero-order valence-corrected chi connectivity index (χ0v) is 21.1. The van der Waals surface area contributed by atoms with Crippen LogP contribution in [0.1, 0.15) is 28.8 Å². The fraction of sp³-hybridized carbons (Fsp3) is 0.121. The van der Waals surface area contributed by atoms with Crippen molar-refractivity contribution in [2.24, 2.45) is 0 Å². The summed E-state index contributed by atoms with van der Waals surface area (Å²) in [6.45, 7) is 2.09. The van der Waals surface area contributed by atoms with Crippen LogP contribution in [0.4, 0.5) is 11.5 Å². The molecule has 4 heteroatoms. The zero-order chi connectivity index (χ0) is 25.5. The van der Waals surface area contributed by atoms with Crippen LogP contribution in [0.2, 0.25) is 0 Å². The summed E-state index contributed by atoms with van der Waals surface area (Å²) in [5.74, 6) is 1.68. The first-order chi connectivity index (χ1) is 18.2. The molecule has 4 aromatic carbocycles. The van der Waals surface area contributed by atoms with E-state index in [1.165, 1.54) is 11.1 Å². The number of nitrogens with one attached hydrogen (secondary N) is 2. The second kappa shape index (κ2) is 11.4. The molecule has 0 unspecified atom stereocenters. The van der Waals surface area contributed by atoms with E-state index in [0.717, 1.165) is 33.9 Å². The van der Waals surface area contributed by atoms with Gasteiger partial charge in [0.15, 0.2) is 0 Å². The van der Waals surface area contributed by atoms with E-state index in [1.807, 2.05) is 30.5 Å². The van der Waals surface area contributed by atoms with Crippen LogP contribution in [-0.4, -0.2) is 12.1 Å². The maximum atomic E-state index is 5.57. The molecule has 0 radical (unpaired) electrons. The number of hydrogen-bond acceptors (Lipinski definition) is 4. The molecule has 1 aromatic heterocycles. The van der Waals surface area contributed by atoms with Crippen molar-refractivity contribution >= 4 is 11.5 Å². The molecule has 0 bridgehead atoms. The van der Waals surface area contributed by atoms with E-state index in [4.69, 9.17) is 4.74 Å². The van der Waals surface area contributed by atoms with Gasteiger partial charge in [-0.2, -0.15) is 0 Å². The van der Waals surface area contributed by atoms with Gasteiger partial charge in [0.2, 0.25) is 0 Å². The number of aryl methyl sites for hydroxylation is 1. The predicted molar refractivity (Wildman–Crippen MR) is 153 cm³/mol. The molecule has 4 nitrogen and oxygen atoms in total. The third-order valence-electron chi connectivity index (χ3n) is 6.45. The van der Waals surface area contributed by atoms with Crippen molar-refractivity contribution in [1.29, 1.82) is 0 Å². The standard InChI is InChI=1S/C33H31N3O/c1-24-21-27(23-28(22-24)37-2)29-17-9-10-18-30(29)35-32(25-13-5-3-6-14-25)33(26-15-7-4-8-16-26)36-31-19-11-12-20-34-31/h3-23,32-33,35H,1-2H3,(H,34,36)/t32-,33-/m0/s1. The fourth-order valence-electron chi connectivity index (χ4n) is 4.70. The molecule has 2 atom stereocenters. The maximum absolute atomic E-state index is 5.57. The van der Waals surface area contributed by atoms with Gasteiger partial charge in [0.1, 0.15) is 11.6 Å². The first-order valence-corrected chi connectivity index (χ1v) is 12.5. The first kappa shape index (κ1) is 24.1. The lowest BCUT2D eigenvalue weighted by Crippen LogP contribution is -2.26. The lowest BCUT2D eigenvalue weighted by Gasteiger charge is -2.32. The third-order valence-corrected chi connectivity index (χ3v) is 6.45. The monoisotopic (exact) mass is 485 g/mol. The Balaban J connectivity index is 1.61. The van der Waals surface area contributed by atoms with Crippen LogP contribution in [0.5, 0.6) is 5.75 Å². The molecule has 184 valence electrons. The van der Waals surface area contributed by atoms with Crippen molar-refractivity contribution in [1.82, 2.24) is 4.98 Å². The number of nitrogens with zero attached hydrogens (tertiary/aromatic N) is 1. The van der Waals surface area contributed by atoms with Crippen molar-refractivity contribution in [3.63, 3.8) is 0 Å². The Morgan fingerprint density at radius 2 is 1.27 bits per heavy atom. The maximum Gasteiger partial charge on any atom is 0.126 e. The molecule has 5 rings (SSSR count). The molecule has 0 aliphatic carbocycles. The lowest BCUT2D eigenvalue weighted by atomic mass is 9.92. The number of benzene rings is 4. The number of hydrogen-bond donors (Lipinski definition) is 2. The summed E-state index contributed by atoms with van der Waals surface area (Å²) in [5.41, 5.74) is 6.78. The van der Waals surface area contributed by atoms with Crippen LogP contribution in [0.15, 0.2) is 128 Å². The molecule has 0 spiro atoms. The van der Waals surface area contributed by atoms with Gasteiger partial charge in [-0.3, -0.25) is 0 Å². The molecule has 2 N–H and O–H groups in total. The number of para-hydroxylation sites is 1. The number of methoxy groups -OCH3 is 1. The Kier molecular flexibility index (Phi) is 7.47. The molecule has 0 aliphatic rings. The molecule has 0 amide bonds. The topological polar surface area (TPSA) is 46.2 Å². The van der Waals surface area contributed by atoms with E-state index in [2.05, 4.69) is 120 Å². The summed E-state index contributed by atoms with van der Waals surface area (Å²) in [5, 5.41) is 7.61. The van der Waals surface area contributed by atoms with Crippen molar-refractivity contribution in [3.05, 3.63) is 144 Å². The van der Waals surface area contributed by atoms with Crippen molar-refractivity contribution in [2.45, 2.75) is 19.0 Å². The number of anilines is 2. The quantitative estimate of drug-likeness (QED) is 0.222. The second-order valence-corrected chi connectivity index (χ2v) is 9.06. The summed E-state index contributed by atoms with van der Waals surface area (Å²) in [7, 11) is 1.71. The van der Waals surface area contributed by atoms with Crippen molar-refractivity contribution < 1.29 is 4.74 Å². The molecule has 0 saturated carbocycles. The third kappa shape index (κ3) is 5.81. The van der Waals surface area contributed by atoms with E-state index in [-0.39, 0.29) is 12.1 Å². The summed E-state index contributed by atoms with van der Waals surface area (Å²) in [4.78, 5) is 4.57. The second-order valence-electron chi connectivity index (χ2n) is 9.06. The van der Waals surface area contributed by atoms with Gasteiger partial charge in [-0.05, 0) is 59.5 Å². The number of rotatable bonds is 9. The highest BCUT2D eigenvalue weighted by Gasteiger charge is 2.26. The Morgan fingerprint density at radius 1 is 0.649 bits per heavy atom. The number of aromatic nitrogens is 1. The minimum Gasteiger partial charge on any atom is -0.497 e. The highest BCUT2D eigenvalue weighted by molar-refractivity contribution is 5.79. The molecular weight excluding hydrogens is 454 g/mol. The Morgan fingerprint density at radius 3 is 1.92 bits per heavy atom. The molecule has 0 fully saturated rings. The van der Waals surface area contributed by atoms with Crippen LogP contribution in [-0.2, 0) is 0 Å². The van der Waals surface area contributed by atoms with Gasteiger partial charge < -0.3 is 15.4 Å². The van der Waals surface area contributed by atoms with Crippen LogP contribution < -0.4 is 15.4 Å². The molecule has 0 saturated heterocycles. The van der Waals surface area contributed by atoms with Crippen molar-refractivity contribution in [3.8, 4) is 16.9 Å². The minimum atomic E-state index is -0.0848. The highest BCUT2D eigenvalue weighted by atomic mass is 16.5. The SMILES string of the molecule is COc1cc(C)cc(-c2ccccc2N[C@@H](c2ccccc2)[C@@H](Nc2ccccn2)c2ccccc2)c1. The molecule has 37 heavy (non-hydrogen) atoms. The summed E-state index contributed by atoms with van der Waals surface area (Å²) < 4.78 is 5.57. The summed E-state index contributed by atoms with van der Waals surface area (Å²) in [6.07, 6.45) is 1.82. The Hall–Kier alpha value is -4.57. The van der Waals surface area contributed by atoms with E-state index in [9.17, 15) is 0 Å². The van der Waals surface area contributed by atoms with Gasteiger partial charge in [-0.1, -0.05) is 91.0 Å². The smallest absolute Gasteiger partial charge is 0.126 e. The molecule has 1 heterocycles. The van der Waals surface area contributed by atoms with Gasteiger partial charge in [0.25, 0.3) is 0 Å². The normalized spacial score (nSPS) is 12.4. The predicted octanol–water partition coefficient (Wildman–Crippen LogP) is 8.07. The van der Waals surface area contributed by atoms with Gasteiger partial charge in [-0.15, -0.1) is 0 Å². The Bertz CT molecular complexity index is 1420. The first-order valence-electron chi connectivity index (χ1n) is 12.5. The lowest BCUT2D eigenvalue weighted by molar-refractivity contribution is 0.414. The van der Waals surface area contributed by atoms with E-state index >= 15 is 0 Å². The Labute approximate surface area is 219 Å². The van der Waals surface area contributed by atoms with Gasteiger partial charge in [0.05, 0.1) is 19.2 Å². The zero-order valence-electron chi connectivity index (χ0n) is 21.1. The van der Waals surface area contributed by atoms with Crippen LogP contribution in [0.25, 0.3) is 11.1 Å². The molecular formula is C33H31N3O. The number of pyridine rings is 1. The van der Waals surface area contributed by atoms with Crippen LogP contribution in [0.3, 0.4) is 0 Å². The largest absolute Gasteiger partial charge is 0.497 e. The van der Waals surface area contributed by atoms with Gasteiger partial charge in [-0.25, -0.2) is 4.98 Å². The van der Waals surface area contributed by atoms with E-state index < -0.39 is 0 Å². The van der Waals surface area contributed by atoms with Gasteiger partial charge >= 0.3 is 0 Å². The minimum absolute atomic E-state index is 0.0846.